The highest BCUT2D eigenvalue weighted by Gasteiger charge is 2.31. The number of halogens is 1. The van der Waals surface area contributed by atoms with Crippen LogP contribution in [0, 0.1) is 11.7 Å². The van der Waals surface area contributed by atoms with Crippen molar-refractivity contribution in [3.63, 3.8) is 0 Å². The number of aliphatic carboxylic acids is 1. The summed E-state index contributed by atoms with van der Waals surface area (Å²) in [5.41, 5.74) is 1.89. The number of hydrogen-bond acceptors (Lipinski definition) is 2. The van der Waals surface area contributed by atoms with Crippen molar-refractivity contribution in [2.24, 2.45) is 5.92 Å². The van der Waals surface area contributed by atoms with E-state index in [0.29, 0.717) is 6.42 Å². The second kappa shape index (κ2) is 5.52. The third-order valence-electron chi connectivity index (χ3n) is 4.67. The van der Waals surface area contributed by atoms with Gasteiger partial charge < -0.3 is 10.4 Å². The maximum Gasteiger partial charge on any atom is 0.306 e. The first-order chi connectivity index (χ1) is 9.65. The van der Waals surface area contributed by atoms with E-state index in [0.717, 1.165) is 43.2 Å². The van der Waals surface area contributed by atoms with Gasteiger partial charge in [-0.05, 0) is 49.3 Å². The molecular formula is C16H20FNO2. The van der Waals surface area contributed by atoms with Crippen molar-refractivity contribution >= 4 is 5.97 Å². The summed E-state index contributed by atoms with van der Waals surface area (Å²) in [4.78, 5) is 11.1. The summed E-state index contributed by atoms with van der Waals surface area (Å²) in [5.74, 6) is -1.03. The van der Waals surface area contributed by atoms with Gasteiger partial charge in [0.15, 0.2) is 0 Å². The highest BCUT2D eigenvalue weighted by atomic mass is 19.1. The molecule has 0 heterocycles. The summed E-state index contributed by atoms with van der Waals surface area (Å²) in [5, 5.41) is 12.7. The summed E-state index contributed by atoms with van der Waals surface area (Å²) < 4.78 is 13.7. The average molecular weight is 277 g/mol. The molecule has 4 heteroatoms. The summed E-state index contributed by atoms with van der Waals surface area (Å²) in [6.45, 7) is 0. The van der Waals surface area contributed by atoms with Gasteiger partial charge in [0.1, 0.15) is 5.82 Å². The van der Waals surface area contributed by atoms with Crippen LogP contribution in [0.25, 0.3) is 0 Å². The lowest BCUT2D eigenvalue weighted by Gasteiger charge is -2.30. The van der Waals surface area contributed by atoms with Gasteiger partial charge in [-0.1, -0.05) is 18.6 Å². The van der Waals surface area contributed by atoms with Gasteiger partial charge in [-0.15, -0.1) is 0 Å². The van der Waals surface area contributed by atoms with Crippen LogP contribution in [0.5, 0.6) is 0 Å². The average Bonchev–Trinajstić information content (AvgIpc) is 2.84. The number of hydrogen-bond donors (Lipinski definition) is 2. The lowest BCUT2D eigenvalue weighted by atomic mass is 9.85. The van der Waals surface area contributed by atoms with E-state index in [4.69, 9.17) is 5.11 Å². The highest BCUT2D eigenvalue weighted by molar-refractivity contribution is 5.70. The number of carboxylic acid groups (broad SMARTS) is 1. The molecule has 1 aromatic carbocycles. The Labute approximate surface area is 118 Å². The van der Waals surface area contributed by atoms with Gasteiger partial charge in [0, 0.05) is 12.1 Å². The molecule has 1 aromatic rings. The van der Waals surface area contributed by atoms with E-state index >= 15 is 0 Å². The summed E-state index contributed by atoms with van der Waals surface area (Å²) in [6.07, 6.45) is 5.13. The molecule has 2 aliphatic rings. The minimum Gasteiger partial charge on any atom is -0.481 e. The van der Waals surface area contributed by atoms with Crippen molar-refractivity contribution in [3.8, 4) is 0 Å². The standard InChI is InChI=1S/C16H20FNO2/c17-14-6-2-5-13-12(14)7-8-15(13)18-11-4-1-3-10(9-11)16(19)20/h2,5-6,10-11,15,18H,1,3-4,7-9H2,(H,19,20). The van der Waals surface area contributed by atoms with Crippen LogP contribution in [0.2, 0.25) is 0 Å². The van der Waals surface area contributed by atoms with Crippen molar-refractivity contribution < 1.29 is 14.3 Å². The maximum absolute atomic E-state index is 13.7. The maximum atomic E-state index is 13.7. The van der Waals surface area contributed by atoms with E-state index in [1.807, 2.05) is 6.07 Å². The van der Waals surface area contributed by atoms with Gasteiger partial charge in [-0.3, -0.25) is 4.79 Å². The molecule has 20 heavy (non-hydrogen) atoms. The molecule has 0 aromatic heterocycles. The molecule has 1 saturated carbocycles. The van der Waals surface area contributed by atoms with Crippen molar-refractivity contribution in [3.05, 3.63) is 35.1 Å². The molecule has 0 spiro atoms. The fraction of sp³-hybridized carbons (Fsp3) is 0.562. The molecule has 0 radical (unpaired) electrons. The zero-order valence-corrected chi connectivity index (χ0v) is 11.4. The SMILES string of the molecule is O=C(O)C1CCCC(NC2CCc3c(F)cccc32)C1. The molecule has 3 atom stereocenters. The van der Waals surface area contributed by atoms with E-state index in [1.165, 1.54) is 6.07 Å². The number of nitrogens with one attached hydrogen (secondary N) is 1. The van der Waals surface area contributed by atoms with E-state index in [9.17, 15) is 9.18 Å². The van der Waals surface area contributed by atoms with E-state index < -0.39 is 5.97 Å². The summed E-state index contributed by atoms with van der Waals surface area (Å²) in [7, 11) is 0. The Morgan fingerprint density at radius 2 is 2.15 bits per heavy atom. The molecule has 1 fully saturated rings. The zero-order valence-electron chi connectivity index (χ0n) is 11.4. The Morgan fingerprint density at radius 1 is 1.30 bits per heavy atom. The van der Waals surface area contributed by atoms with Crippen LogP contribution in [0.15, 0.2) is 18.2 Å². The van der Waals surface area contributed by atoms with Gasteiger partial charge in [-0.25, -0.2) is 4.39 Å². The third kappa shape index (κ3) is 2.57. The van der Waals surface area contributed by atoms with Gasteiger partial charge in [0.25, 0.3) is 0 Å². The van der Waals surface area contributed by atoms with Crippen LogP contribution in [-0.2, 0) is 11.2 Å². The zero-order chi connectivity index (χ0) is 14.1. The first kappa shape index (κ1) is 13.6. The molecule has 2 N–H and O–H groups in total. The van der Waals surface area contributed by atoms with Gasteiger partial charge in [-0.2, -0.15) is 0 Å². The lowest BCUT2D eigenvalue weighted by Crippen LogP contribution is -2.38. The normalized spacial score (nSPS) is 29.1. The molecule has 0 saturated heterocycles. The van der Waals surface area contributed by atoms with Gasteiger partial charge >= 0.3 is 5.97 Å². The Kier molecular flexibility index (Phi) is 3.74. The predicted molar refractivity (Wildman–Crippen MR) is 74.0 cm³/mol. The first-order valence-corrected chi connectivity index (χ1v) is 7.41. The van der Waals surface area contributed by atoms with Crippen LogP contribution >= 0.6 is 0 Å². The molecule has 3 unspecified atom stereocenters. The number of rotatable bonds is 3. The molecule has 0 amide bonds. The summed E-state index contributed by atoms with van der Waals surface area (Å²) in [6, 6.07) is 5.68. The highest BCUT2D eigenvalue weighted by Crippen LogP contribution is 2.35. The second-order valence-corrected chi connectivity index (χ2v) is 5.96. The number of benzene rings is 1. The van der Waals surface area contributed by atoms with Crippen LogP contribution in [0.1, 0.15) is 49.3 Å². The van der Waals surface area contributed by atoms with Crippen LogP contribution in [0.4, 0.5) is 4.39 Å². The smallest absolute Gasteiger partial charge is 0.306 e. The Bertz CT molecular complexity index is 517. The Morgan fingerprint density at radius 3 is 2.95 bits per heavy atom. The molecular weight excluding hydrogens is 257 g/mol. The van der Waals surface area contributed by atoms with E-state index in [2.05, 4.69) is 5.32 Å². The largest absolute Gasteiger partial charge is 0.481 e. The monoisotopic (exact) mass is 277 g/mol. The molecule has 3 rings (SSSR count). The topological polar surface area (TPSA) is 49.3 Å². The fourth-order valence-corrected chi connectivity index (χ4v) is 3.63. The van der Waals surface area contributed by atoms with E-state index in [-0.39, 0.29) is 23.8 Å². The minimum atomic E-state index is -0.686. The van der Waals surface area contributed by atoms with E-state index in [1.54, 1.807) is 6.07 Å². The number of fused-ring (bicyclic) bond motifs is 1. The summed E-state index contributed by atoms with van der Waals surface area (Å²) >= 11 is 0. The Hall–Kier alpha value is -1.42. The fourth-order valence-electron chi connectivity index (χ4n) is 3.63. The van der Waals surface area contributed by atoms with Crippen molar-refractivity contribution in [2.45, 2.75) is 50.6 Å². The molecule has 3 nitrogen and oxygen atoms in total. The van der Waals surface area contributed by atoms with Crippen molar-refractivity contribution in [2.75, 3.05) is 0 Å². The van der Waals surface area contributed by atoms with Crippen molar-refractivity contribution in [1.82, 2.24) is 5.32 Å². The minimum absolute atomic E-state index is 0.112. The van der Waals surface area contributed by atoms with Crippen LogP contribution in [-0.4, -0.2) is 17.1 Å². The van der Waals surface area contributed by atoms with Crippen molar-refractivity contribution in [1.29, 1.82) is 0 Å². The van der Waals surface area contributed by atoms with Crippen LogP contribution in [0.3, 0.4) is 0 Å². The van der Waals surface area contributed by atoms with Crippen LogP contribution < -0.4 is 5.32 Å². The Balaban J connectivity index is 1.68. The first-order valence-electron chi connectivity index (χ1n) is 7.41. The third-order valence-corrected chi connectivity index (χ3v) is 4.67. The molecule has 2 aliphatic carbocycles. The van der Waals surface area contributed by atoms with Gasteiger partial charge in [0.05, 0.1) is 5.92 Å². The second-order valence-electron chi connectivity index (χ2n) is 5.96. The molecule has 0 aliphatic heterocycles. The lowest BCUT2D eigenvalue weighted by molar-refractivity contribution is -0.143. The quantitative estimate of drug-likeness (QED) is 0.892. The van der Waals surface area contributed by atoms with Gasteiger partial charge in [0.2, 0.25) is 0 Å². The molecule has 108 valence electrons. The number of carboxylic acids is 1. The molecule has 0 bridgehead atoms. The predicted octanol–water partition coefficient (Wildman–Crippen LogP) is 3.05. The number of carbonyl (C=O) groups is 1.